The summed E-state index contributed by atoms with van der Waals surface area (Å²) in [4.78, 5) is 16.4. The first kappa shape index (κ1) is 13.1. The maximum atomic E-state index is 11.3. The highest BCUT2D eigenvalue weighted by molar-refractivity contribution is 5.84. The van der Waals surface area contributed by atoms with Crippen LogP contribution in [0.1, 0.15) is 0 Å². The van der Waals surface area contributed by atoms with Crippen molar-refractivity contribution < 1.29 is 9.47 Å². The van der Waals surface area contributed by atoms with Crippen LogP contribution in [0.2, 0.25) is 0 Å². The molecule has 1 aromatic carbocycles. The molecule has 3 rings (SSSR count). The first-order chi connectivity index (χ1) is 9.83. The number of nitrogens with zero attached hydrogens (tertiary/aromatic N) is 1. The van der Waals surface area contributed by atoms with Crippen molar-refractivity contribution >= 4 is 10.9 Å². The van der Waals surface area contributed by atoms with E-state index in [4.69, 9.17) is 9.47 Å². The molecule has 1 aromatic heterocycles. The molecule has 0 saturated carbocycles. The van der Waals surface area contributed by atoms with Crippen LogP contribution >= 0.6 is 0 Å². The van der Waals surface area contributed by atoms with Crippen LogP contribution < -0.4 is 10.3 Å². The number of benzene rings is 1. The van der Waals surface area contributed by atoms with E-state index in [1.54, 1.807) is 6.07 Å². The van der Waals surface area contributed by atoms with E-state index < -0.39 is 0 Å². The molecule has 5 nitrogen and oxygen atoms in total. The molecular weight excluding hydrogens is 256 g/mol. The summed E-state index contributed by atoms with van der Waals surface area (Å²) >= 11 is 0. The van der Waals surface area contributed by atoms with Gasteiger partial charge in [0.15, 0.2) is 0 Å². The summed E-state index contributed by atoms with van der Waals surface area (Å²) in [5.74, 6) is 0.812. The van der Waals surface area contributed by atoms with Gasteiger partial charge in [-0.3, -0.25) is 9.69 Å². The van der Waals surface area contributed by atoms with Crippen molar-refractivity contribution in [3.05, 3.63) is 40.7 Å². The van der Waals surface area contributed by atoms with Crippen LogP contribution in [0.15, 0.2) is 35.1 Å². The first-order valence-corrected chi connectivity index (χ1v) is 6.88. The predicted molar refractivity (Wildman–Crippen MR) is 77.3 cm³/mol. The highest BCUT2D eigenvalue weighted by Crippen LogP contribution is 2.22. The Morgan fingerprint density at radius 1 is 1.20 bits per heavy atom. The van der Waals surface area contributed by atoms with E-state index in [9.17, 15) is 4.79 Å². The molecule has 1 aliphatic rings. The Morgan fingerprint density at radius 3 is 2.90 bits per heavy atom. The quantitative estimate of drug-likeness (QED) is 0.911. The van der Waals surface area contributed by atoms with Gasteiger partial charge < -0.3 is 14.5 Å². The zero-order chi connectivity index (χ0) is 13.8. The molecule has 0 amide bonds. The number of morpholine rings is 1. The lowest BCUT2D eigenvalue weighted by Gasteiger charge is -2.26. The summed E-state index contributed by atoms with van der Waals surface area (Å²) < 4.78 is 11.2. The molecule has 0 radical (unpaired) electrons. The fourth-order valence-electron chi connectivity index (χ4n) is 2.39. The Labute approximate surface area is 117 Å². The number of fused-ring (bicyclic) bond motifs is 1. The van der Waals surface area contributed by atoms with Gasteiger partial charge in [-0.1, -0.05) is 6.07 Å². The van der Waals surface area contributed by atoms with Crippen molar-refractivity contribution in [3.63, 3.8) is 0 Å². The predicted octanol–water partition coefficient (Wildman–Crippen LogP) is 1.24. The Balaban J connectivity index is 1.66. The van der Waals surface area contributed by atoms with E-state index in [2.05, 4.69) is 9.88 Å². The monoisotopic (exact) mass is 274 g/mol. The van der Waals surface area contributed by atoms with Gasteiger partial charge in [-0.2, -0.15) is 0 Å². The van der Waals surface area contributed by atoms with Crippen molar-refractivity contribution in [2.75, 3.05) is 39.5 Å². The lowest BCUT2D eigenvalue weighted by molar-refractivity contribution is 0.0323. The number of aromatic nitrogens is 1. The van der Waals surface area contributed by atoms with Crippen LogP contribution in [0.3, 0.4) is 0 Å². The van der Waals surface area contributed by atoms with Crippen molar-refractivity contribution in [1.82, 2.24) is 9.88 Å². The van der Waals surface area contributed by atoms with Crippen molar-refractivity contribution in [1.29, 1.82) is 0 Å². The maximum Gasteiger partial charge on any atom is 0.248 e. The van der Waals surface area contributed by atoms with Gasteiger partial charge in [0.1, 0.15) is 12.4 Å². The molecule has 0 spiro atoms. The fourth-order valence-corrected chi connectivity index (χ4v) is 2.39. The summed E-state index contributed by atoms with van der Waals surface area (Å²) in [6, 6.07) is 9.03. The summed E-state index contributed by atoms with van der Waals surface area (Å²) in [5.41, 5.74) is 0.712. The first-order valence-electron chi connectivity index (χ1n) is 6.88. The van der Waals surface area contributed by atoms with Gasteiger partial charge >= 0.3 is 0 Å². The molecule has 106 valence electrons. The van der Waals surface area contributed by atoms with Gasteiger partial charge in [0.25, 0.3) is 0 Å². The molecule has 0 atom stereocenters. The van der Waals surface area contributed by atoms with Crippen LogP contribution in [0.5, 0.6) is 5.75 Å². The standard InChI is InChI=1S/C15H18N2O3/c18-15-5-4-12-13(16-15)2-1-3-14(12)20-11-8-17-6-9-19-10-7-17/h1-5H,6-11H2,(H,16,18). The Kier molecular flexibility index (Phi) is 3.99. The summed E-state index contributed by atoms with van der Waals surface area (Å²) in [6.45, 7) is 5.06. The third kappa shape index (κ3) is 3.00. The van der Waals surface area contributed by atoms with E-state index in [-0.39, 0.29) is 5.56 Å². The van der Waals surface area contributed by atoms with Crippen LogP contribution in [0.25, 0.3) is 10.9 Å². The smallest absolute Gasteiger partial charge is 0.248 e. The van der Waals surface area contributed by atoms with Crippen molar-refractivity contribution in [3.8, 4) is 5.75 Å². The number of nitrogens with one attached hydrogen (secondary N) is 1. The zero-order valence-corrected chi connectivity index (χ0v) is 11.3. The molecule has 0 aliphatic carbocycles. The van der Waals surface area contributed by atoms with E-state index in [0.717, 1.165) is 49.5 Å². The molecule has 1 aliphatic heterocycles. The Hall–Kier alpha value is -1.85. The second-order valence-electron chi connectivity index (χ2n) is 4.84. The number of aromatic amines is 1. The van der Waals surface area contributed by atoms with Gasteiger partial charge in [-0.25, -0.2) is 0 Å². The lowest BCUT2D eigenvalue weighted by Crippen LogP contribution is -2.38. The van der Waals surface area contributed by atoms with Gasteiger partial charge in [0.05, 0.1) is 18.7 Å². The molecule has 1 N–H and O–H groups in total. The Bertz CT molecular complexity index is 632. The molecular formula is C15H18N2O3. The summed E-state index contributed by atoms with van der Waals surface area (Å²) in [6.07, 6.45) is 0. The lowest BCUT2D eigenvalue weighted by atomic mass is 10.2. The molecule has 2 heterocycles. The third-order valence-electron chi connectivity index (χ3n) is 3.49. The minimum Gasteiger partial charge on any atom is -0.492 e. The maximum absolute atomic E-state index is 11.3. The van der Waals surface area contributed by atoms with Crippen molar-refractivity contribution in [2.24, 2.45) is 0 Å². The van der Waals surface area contributed by atoms with Gasteiger partial charge in [0, 0.05) is 31.1 Å². The summed E-state index contributed by atoms with van der Waals surface area (Å²) in [5, 5.41) is 0.939. The minimum atomic E-state index is -0.0945. The van der Waals surface area contributed by atoms with Crippen molar-refractivity contribution in [2.45, 2.75) is 0 Å². The van der Waals surface area contributed by atoms with E-state index in [1.165, 1.54) is 6.07 Å². The molecule has 5 heteroatoms. The number of ether oxygens (including phenoxy) is 2. The number of pyridine rings is 1. The average molecular weight is 274 g/mol. The van der Waals surface area contributed by atoms with Gasteiger partial charge in [0.2, 0.25) is 5.56 Å². The van der Waals surface area contributed by atoms with Gasteiger partial charge in [-0.15, -0.1) is 0 Å². The number of H-pyrrole nitrogens is 1. The van der Waals surface area contributed by atoms with Crippen LogP contribution in [-0.4, -0.2) is 49.3 Å². The number of hydrogen-bond acceptors (Lipinski definition) is 4. The second kappa shape index (κ2) is 6.07. The number of rotatable bonds is 4. The molecule has 0 unspecified atom stereocenters. The minimum absolute atomic E-state index is 0.0945. The third-order valence-corrected chi connectivity index (χ3v) is 3.49. The molecule has 20 heavy (non-hydrogen) atoms. The van der Waals surface area contributed by atoms with Crippen LogP contribution in [0.4, 0.5) is 0 Å². The highest BCUT2D eigenvalue weighted by atomic mass is 16.5. The average Bonchev–Trinajstić information content (AvgIpc) is 2.48. The topological polar surface area (TPSA) is 54.6 Å². The number of hydrogen-bond donors (Lipinski definition) is 1. The molecule has 1 fully saturated rings. The highest BCUT2D eigenvalue weighted by Gasteiger charge is 2.10. The van der Waals surface area contributed by atoms with Crippen LogP contribution in [0, 0.1) is 0 Å². The second-order valence-corrected chi connectivity index (χ2v) is 4.84. The normalized spacial score (nSPS) is 16.4. The zero-order valence-electron chi connectivity index (χ0n) is 11.3. The van der Waals surface area contributed by atoms with E-state index in [0.29, 0.717) is 6.61 Å². The molecule has 1 saturated heterocycles. The fraction of sp³-hybridized carbons (Fsp3) is 0.400. The van der Waals surface area contributed by atoms with Gasteiger partial charge in [-0.05, 0) is 18.2 Å². The Morgan fingerprint density at radius 2 is 2.05 bits per heavy atom. The van der Waals surface area contributed by atoms with Crippen LogP contribution in [-0.2, 0) is 4.74 Å². The largest absolute Gasteiger partial charge is 0.492 e. The molecule has 2 aromatic rings. The van der Waals surface area contributed by atoms with E-state index in [1.807, 2.05) is 18.2 Å². The SMILES string of the molecule is O=c1ccc2c(OCCN3CCOCC3)cccc2[nH]1. The summed E-state index contributed by atoms with van der Waals surface area (Å²) in [7, 11) is 0. The van der Waals surface area contributed by atoms with E-state index >= 15 is 0 Å². The molecule has 0 bridgehead atoms.